The molecule has 0 aromatic carbocycles. The average molecular weight is 240 g/mol. The fourth-order valence-corrected chi connectivity index (χ4v) is 0.864. The van der Waals surface area contributed by atoms with E-state index in [-0.39, 0.29) is 11.3 Å². The van der Waals surface area contributed by atoms with Crippen LogP contribution in [-0.2, 0) is 19.1 Å². The van der Waals surface area contributed by atoms with Gasteiger partial charge in [0, 0.05) is 5.57 Å². The Bertz CT molecular complexity index is 339. The predicted molar refractivity (Wildman–Crippen MR) is 65.1 cm³/mol. The van der Waals surface area contributed by atoms with Gasteiger partial charge in [-0.05, 0) is 27.2 Å². The molecule has 0 fully saturated rings. The molecule has 0 amide bonds. The SMILES string of the molecule is C=C(C)C(=O)O/C(C)=C(/C)C(=O)OCCCC. The topological polar surface area (TPSA) is 52.6 Å². The van der Waals surface area contributed by atoms with Crippen molar-refractivity contribution in [3.05, 3.63) is 23.5 Å². The normalized spacial score (nSPS) is 11.5. The Kier molecular flexibility index (Phi) is 6.94. The van der Waals surface area contributed by atoms with E-state index >= 15 is 0 Å². The zero-order valence-electron chi connectivity index (χ0n) is 11.0. The Morgan fingerprint density at radius 1 is 1.12 bits per heavy atom. The zero-order chi connectivity index (χ0) is 13.4. The Labute approximate surface area is 102 Å². The van der Waals surface area contributed by atoms with Crippen LogP contribution in [0.15, 0.2) is 23.5 Å². The third kappa shape index (κ3) is 5.90. The molecule has 0 aliphatic rings. The van der Waals surface area contributed by atoms with Crippen LogP contribution in [0.4, 0.5) is 0 Å². The molecule has 0 aliphatic carbocycles. The molecule has 0 radical (unpaired) electrons. The first kappa shape index (κ1) is 15.4. The summed E-state index contributed by atoms with van der Waals surface area (Å²) in [4.78, 5) is 22.7. The van der Waals surface area contributed by atoms with Gasteiger partial charge in [-0.2, -0.15) is 0 Å². The van der Waals surface area contributed by atoms with Crippen LogP contribution in [0.2, 0.25) is 0 Å². The highest BCUT2D eigenvalue weighted by Crippen LogP contribution is 2.09. The van der Waals surface area contributed by atoms with Crippen LogP contribution in [0.1, 0.15) is 40.5 Å². The number of unbranched alkanes of at least 4 members (excludes halogenated alkanes) is 1. The van der Waals surface area contributed by atoms with Crippen LogP contribution < -0.4 is 0 Å². The molecule has 0 atom stereocenters. The Balaban J connectivity index is 4.42. The van der Waals surface area contributed by atoms with E-state index in [9.17, 15) is 9.59 Å². The number of ether oxygens (including phenoxy) is 2. The Morgan fingerprint density at radius 2 is 1.71 bits per heavy atom. The van der Waals surface area contributed by atoms with E-state index in [0.29, 0.717) is 12.2 Å². The molecule has 0 spiro atoms. The summed E-state index contributed by atoms with van der Waals surface area (Å²) < 4.78 is 9.94. The molecule has 0 heterocycles. The van der Waals surface area contributed by atoms with Gasteiger partial charge in [-0.25, -0.2) is 9.59 Å². The van der Waals surface area contributed by atoms with Crippen LogP contribution in [0.3, 0.4) is 0 Å². The molecule has 0 aromatic heterocycles. The molecular formula is C13H20O4. The fraction of sp³-hybridized carbons (Fsp3) is 0.538. The van der Waals surface area contributed by atoms with Gasteiger partial charge in [0.05, 0.1) is 12.2 Å². The molecule has 4 nitrogen and oxygen atoms in total. The lowest BCUT2D eigenvalue weighted by atomic mass is 10.2. The summed E-state index contributed by atoms with van der Waals surface area (Å²) in [5.41, 5.74) is 0.590. The maximum atomic E-state index is 11.5. The number of esters is 2. The van der Waals surface area contributed by atoms with Crippen LogP contribution in [0.5, 0.6) is 0 Å². The first-order valence-corrected chi connectivity index (χ1v) is 5.62. The second-order valence-corrected chi connectivity index (χ2v) is 3.84. The minimum atomic E-state index is -0.539. The number of allylic oxidation sites excluding steroid dienone is 1. The second-order valence-electron chi connectivity index (χ2n) is 3.84. The van der Waals surface area contributed by atoms with Gasteiger partial charge >= 0.3 is 11.9 Å². The first-order chi connectivity index (χ1) is 7.90. The molecule has 0 saturated heterocycles. The highest BCUT2D eigenvalue weighted by Gasteiger charge is 2.13. The van der Waals surface area contributed by atoms with Crippen molar-refractivity contribution in [1.82, 2.24) is 0 Å². The van der Waals surface area contributed by atoms with E-state index in [1.54, 1.807) is 20.8 Å². The van der Waals surface area contributed by atoms with Crippen molar-refractivity contribution in [3.63, 3.8) is 0 Å². The average Bonchev–Trinajstić information content (AvgIpc) is 2.27. The van der Waals surface area contributed by atoms with E-state index in [2.05, 4.69) is 6.58 Å². The number of rotatable bonds is 6. The maximum Gasteiger partial charge on any atom is 0.338 e. The van der Waals surface area contributed by atoms with Gasteiger partial charge in [0.1, 0.15) is 5.76 Å². The summed E-state index contributed by atoms with van der Waals surface area (Å²) in [6, 6.07) is 0. The number of carbonyl (C=O) groups excluding carboxylic acids is 2. The van der Waals surface area contributed by atoms with Crippen LogP contribution in [-0.4, -0.2) is 18.5 Å². The van der Waals surface area contributed by atoms with E-state index < -0.39 is 11.9 Å². The molecule has 17 heavy (non-hydrogen) atoms. The lowest BCUT2D eigenvalue weighted by Gasteiger charge is -2.08. The van der Waals surface area contributed by atoms with E-state index in [1.807, 2.05) is 6.92 Å². The van der Waals surface area contributed by atoms with Crippen molar-refractivity contribution in [2.24, 2.45) is 0 Å². The molecule has 0 bridgehead atoms. The minimum absolute atomic E-state index is 0.250. The molecule has 96 valence electrons. The van der Waals surface area contributed by atoms with Crippen molar-refractivity contribution >= 4 is 11.9 Å². The highest BCUT2D eigenvalue weighted by molar-refractivity contribution is 5.91. The number of hydrogen-bond donors (Lipinski definition) is 0. The Morgan fingerprint density at radius 3 is 2.18 bits per heavy atom. The lowest BCUT2D eigenvalue weighted by molar-refractivity contribution is -0.139. The van der Waals surface area contributed by atoms with Crippen molar-refractivity contribution in [2.45, 2.75) is 40.5 Å². The van der Waals surface area contributed by atoms with Crippen LogP contribution >= 0.6 is 0 Å². The molecule has 0 unspecified atom stereocenters. The van der Waals surface area contributed by atoms with Crippen LogP contribution in [0, 0.1) is 0 Å². The largest absolute Gasteiger partial charge is 0.462 e. The maximum absolute atomic E-state index is 11.5. The van der Waals surface area contributed by atoms with Gasteiger partial charge in [-0.3, -0.25) is 0 Å². The second kappa shape index (κ2) is 7.65. The number of carbonyl (C=O) groups is 2. The summed E-state index contributed by atoms with van der Waals surface area (Å²) in [5.74, 6) is -0.742. The van der Waals surface area contributed by atoms with Crippen molar-refractivity contribution in [3.8, 4) is 0 Å². The summed E-state index contributed by atoms with van der Waals surface area (Å²) in [6.07, 6.45) is 1.78. The zero-order valence-corrected chi connectivity index (χ0v) is 11.0. The predicted octanol–water partition coefficient (Wildman–Crippen LogP) is 2.74. The summed E-state index contributed by atoms with van der Waals surface area (Å²) in [7, 11) is 0. The Hall–Kier alpha value is -1.58. The van der Waals surface area contributed by atoms with Gasteiger partial charge in [0.15, 0.2) is 0 Å². The minimum Gasteiger partial charge on any atom is -0.462 e. The molecule has 4 heteroatoms. The van der Waals surface area contributed by atoms with Gasteiger partial charge in [0.25, 0.3) is 0 Å². The third-order valence-corrected chi connectivity index (χ3v) is 2.16. The molecule has 0 aromatic rings. The highest BCUT2D eigenvalue weighted by atomic mass is 16.5. The quantitative estimate of drug-likeness (QED) is 0.310. The summed E-state index contributed by atoms with van der Waals surface area (Å²) >= 11 is 0. The third-order valence-electron chi connectivity index (χ3n) is 2.16. The van der Waals surface area contributed by atoms with Gasteiger partial charge < -0.3 is 9.47 Å². The van der Waals surface area contributed by atoms with Gasteiger partial charge in [-0.15, -0.1) is 0 Å². The summed E-state index contributed by atoms with van der Waals surface area (Å²) in [6.45, 7) is 10.5. The molecule has 0 rings (SSSR count). The van der Waals surface area contributed by atoms with E-state index in [0.717, 1.165) is 12.8 Å². The first-order valence-electron chi connectivity index (χ1n) is 5.62. The molecular weight excluding hydrogens is 220 g/mol. The van der Waals surface area contributed by atoms with Crippen molar-refractivity contribution in [1.29, 1.82) is 0 Å². The molecule has 0 saturated carbocycles. The molecule has 0 N–H and O–H groups in total. The summed E-state index contributed by atoms with van der Waals surface area (Å²) in [5, 5.41) is 0. The monoisotopic (exact) mass is 240 g/mol. The van der Waals surface area contributed by atoms with E-state index in [4.69, 9.17) is 9.47 Å². The van der Waals surface area contributed by atoms with Gasteiger partial charge in [-0.1, -0.05) is 19.9 Å². The smallest absolute Gasteiger partial charge is 0.338 e. The van der Waals surface area contributed by atoms with Crippen molar-refractivity contribution < 1.29 is 19.1 Å². The fourth-order valence-electron chi connectivity index (χ4n) is 0.864. The molecule has 0 aliphatic heterocycles. The van der Waals surface area contributed by atoms with E-state index in [1.165, 1.54) is 0 Å². The standard InChI is InChI=1S/C13H20O4/c1-6-7-8-16-13(15)10(4)11(5)17-12(14)9(2)3/h2,6-8H2,1,3-5H3/b11-10-. The van der Waals surface area contributed by atoms with Crippen LogP contribution in [0.25, 0.3) is 0 Å². The lowest BCUT2D eigenvalue weighted by Crippen LogP contribution is -2.12. The number of hydrogen-bond acceptors (Lipinski definition) is 4. The van der Waals surface area contributed by atoms with Gasteiger partial charge in [0.2, 0.25) is 0 Å². The van der Waals surface area contributed by atoms with Crippen molar-refractivity contribution in [2.75, 3.05) is 6.61 Å².